The van der Waals surface area contributed by atoms with Gasteiger partial charge in [0, 0.05) is 0 Å². The van der Waals surface area contributed by atoms with Crippen LogP contribution in [0.25, 0.3) is 0 Å². The Morgan fingerprint density at radius 3 is 2.10 bits per heavy atom. The molecule has 0 aromatic heterocycles. The molecule has 39 valence electrons. The van der Waals surface area contributed by atoms with Gasteiger partial charge in [0.1, 0.15) is 0 Å². The van der Waals surface area contributed by atoms with Crippen LogP contribution in [0.2, 0.25) is 0 Å². The van der Waals surface area contributed by atoms with Gasteiger partial charge in [-0.15, -0.1) is 0 Å². The normalized spacial score (nSPS) is 11.3. The third kappa shape index (κ3) is 4.12. The fraction of sp³-hybridized carbons (Fsp3) is 0. The summed E-state index contributed by atoms with van der Waals surface area (Å²) < 4.78 is 7.39. The zero-order valence-electron chi connectivity index (χ0n) is 6.37. The van der Waals surface area contributed by atoms with E-state index in [9.17, 15) is 0 Å². The van der Waals surface area contributed by atoms with Crippen molar-refractivity contribution in [3.63, 3.8) is 0 Å². The van der Waals surface area contributed by atoms with Crippen molar-refractivity contribution in [2.75, 3.05) is 0 Å². The van der Waals surface area contributed by atoms with Gasteiger partial charge in [-0.25, -0.2) is 0 Å². The Morgan fingerprint density at radius 2 is 2.00 bits per heavy atom. The van der Waals surface area contributed by atoms with Crippen molar-refractivity contribution in [1.82, 2.24) is 0 Å². The Labute approximate surface area is 90.2 Å². The summed E-state index contributed by atoms with van der Waals surface area (Å²) in [5.41, 5.74) is 0. The summed E-state index contributed by atoms with van der Waals surface area (Å²) >= 11 is 0.220. The van der Waals surface area contributed by atoms with Gasteiger partial charge in [0.05, 0.1) is 0 Å². The van der Waals surface area contributed by atoms with Gasteiger partial charge in [0.15, 0.2) is 0 Å². The van der Waals surface area contributed by atoms with Crippen LogP contribution < -0.4 is 0 Å². The van der Waals surface area contributed by atoms with Crippen LogP contribution in [-0.2, 0) is 0 Å². The molecule has 0 saturated heterocycles. The summed E-state index contributed by atoms with van der Waals surface area (Å²) in [6.45, 7) is 0. The van der Waals surface area contributed by atoms with E-state index in [0.29, 0.717) is 0 Å². The van der Waals surface area contributed by atoms with E-state index in [4.69, 9.17) is 31.5 Å². The molecule has 0 aliphatic heterocycles. The molecule has 0 bridgehead atoms. The molecule has 0 saturated carbocycles. The number of halogens is 2. The summed E-state index contributed by atoms with van der Waals surface area (Å²) in [6, 6.07) is 0. The van der Waals surface area contributed by atoms with Gasteiger partial charge in [-0.1, -0.05) is 0 Å². The molecular weight excluding hydrogens is 340 g/mol. The standard InChI is InChI=1S/B8HI2/c1-5-7(4)8(10-9)6(2)3/h10H/i10D. The van der Waals surface area contributed by atoms with Crippen molar-refractivity contribution in [3.05, 3.63) is 0 Å². The summed E-state index contributed by atoms with van der Waals surface area (Å²) in [7, 11) is 23.1. The SMILES string of the molecule is [2H]I(I)B(B([B])[B])B([B])[B][B]. The van der Waals surface area contributed by atoms with Gasteiger partial charge >= 0.3 is 91.2 Å². The van der Waals surface area contributed by atoms with Gasteiger partial charge in [-0.05, 0) is 0 Å². The van der Waals surface area contributed by atoms with Crippen LogP contribution in [0.4, 0.5) is 0 Å². The molecule has 0 aromatic carbocycles. The summed E-state index contributed by atoms with van der Waals surface area (Å²) in [5.74, 6) is 0. The first kappa shape index (κ1) is 10.1. The molecule has 0 nitrogen and oxygen atoms in total. The molecule has 0 atom stereocenters. The molecule has 0 heterocycles. The predicted molar refractivity (Wildman–Crippen MR) is 75.5 cm³/mol. The molecule has 0 fully saturated rings. The fourth-order valence-electron chi connectivity index (χ4n) is 0.473. The minimum absolute atomic E-state index is 0.134. The number of rotatable bonds is 4. The predicted octanol–water partition coefficient (Wildman–Crippen LogP) is -1.54. The molecule has 0 aromatic rings. The number of hydrogen-bond acceptors (Lipinski definition) is 0. The Bertz CT molecular complexity index is 96.3. The van der Waals surface area contributed by atoms with Crippen molar-refractivity contribution in [3.8, 4) is 0 Å². The Balaban J connectivity index is 4.09. The van der Waals surface area contributed by atoms with Gasteiger partial charge in [0.25, 0.3) is 0 Å². The molecule has 10 heteroatoms. The fourth-order valence-corrected chi connectivity index (χ4v) is 5.55. The maximum atomic E-state index is 7.53. The Kier molecular flexibility index (Phi) is 6.53. The van der Waals surface area contributed by atoms with E-state index in [2.05, 4.69) is 18.6 Å². The van der Waals surface area contributed by atoms with Gasteiger partial charge < -0.3 is 0 Å². The first-order chi connectivity index (χ1) is 5.00. The second-order valence-electron chi connectivity index (χ2n) is 1.87. The molecule has 0 aliphatic carbocycles. The molecule has 0 amide bonds. The van der Waals surface area contributed by atoms with Gasteiger partial charge in [-0.2, -0.15) is 0 Å². The molecule has 9 radical (unpaired) electrons. The van der Waals surface area contributed by atoms with Crippen LogP contribution in [-0.4, -0.2) is 55.7 Å². The Morgan fingerprint density at radius 1 is 1.50 bits per heavy atom. The zero-order chi connectivity index (χ0) is 9.02. The van der Waals surface area contributed by atoms with Crippen molar-refractivity contribution < 1.29 is 0 Å². The monoisotopic (exact) mass is 344 g/mol. The topological polar surface area (TPSA) is 0 Å². The van der Waals surface area contributed by atoms with Gasteiger partial charge in [-0.3, -0.25) is 0 Å². The third-order valence-electron chi connectivity index (χ3n) is 1.05. The minimum atomic E-state index is -1.85. The van der Waals surface area contributed by atoms with E-state index in [0.717, 1.165) is 0 Å². The first-order valence-corrected chi connectivity index (χ1v) is 10.2. The first-order valence-electron chi connectivity index (χ1n) is 3.07. The summed E-state index contributed by atoms with van der Waals surface area (Å²) in [5, 5.41) is 0. The average Bonchev–Trinajstić information content (AvgIpc) is 1.85. The van der Waals surface area contributed by atoms with E-state index in [1.165, 1.54) is 7.06 Å². The molecule has 0 aliphatic rings. The second-order valence-corrected chi connectivity index (χ2v) is 6.94. The maximum absolute atomic E-state index is 7.53. The average molecular weight is 342 g/mol. The van der Waals surface area contributed by atoms with E-state index >= 15 is 0 Å². The molecule has 0 unspecified atom stereocenters. The Hall–Kier alpha value is 1.98. The van der Waals surface area contributed by atoms with Crippen LogP contribution in [0.15, 0.2) is 0 Å². The quantitative estimate of drug-likeness (QED) is 0.429. The van der Waals surface area contributed by atoms with Crippen molar-refractivity contribution in [2.45, 2.75) is 0 Å². The van der Waals surface area contributed by atoms with E-state index in [-0.39, 0.29) is 10.7 Å². The molecular formula is HB8I2. The molecule has 0 spiro atoms. The van der Waals surface area contributed by atoms with Crippen LogP contribution in [0.1, 0.15) is 0 Å². The summed E-state index contributed by atoms with van der Waals surface area (Å²) in [6.07, 6.45) is -0.862. The van der Waals surface area contributed by atoms with E-state index in [1.807, 2.05) is 0 Å². The molecule has 0 rings (SSSR count). The van der Waals surface area contributed by atoms with Crippen molar-refractivity contribution >= 4 is 90.6 Å². The van der Waals surface area contributed by atoms with E-state index in [1.54, 1.807) is 0 Å². The van der Waals surface area contributed by atoms with Crippen LogP contribution >= 0.6 is 35.4 Å². The van der Waals surface area contributed by atoms with Crippen LogP contribution in [0.3, 0.4) is 0 Å². The van der Waals surface area contributed by atoms with E-state index < -0.39 is 23.2 Å². The number of hydrogen-bond donors (Lipinski definition) is 0. The summed E-state index contributed by atoms with van der Waals surface area (Å²) in [4.78, 5) is 0. The third-order valence-corrected chi connectivity index (χ3v) is 6.90. The van der Waals surface area contributed by atoms with Crippen molar-refractivity contribution in [2.24, 2.45) is 0 Å². The van der Waals surface area contributed by atoms with Crippen molar-refractivity contribution in [1.29, 1.82) is 0.594 Å². The molecule has 10 heavy (non-hydrogen) atoms. The second kappa shape index (κ2) is 6.49. The van der Waals surface area contributed by atoms with Gasteiger partial charge in [0.2, 0.25) is 0 Å². The van der Waals surface area contributed by atoms with Crippen LogP contribution in [0, 0.1) is 0 Å². The van der Waals surface area contributed by atoms with Crippen LogP contribution in [0.5, 0.6) is 0 Å². The zero-order valence-corrected chi connectivity index (χ0v) is 9.69. The molecule has 0 N–H and O–H groups in total.